The number of nitrogens with zero attached hydrogens (tertiary/aromatic N) is 1. The van der Waals surface area contributed by atoms with Crippen molar-refractivity contribution in [2.75, 3.05) is 11.1 Å². The van der Waals surface area contributed by atoms with Gasteiger partial charge in [-0.2, -0.15) is 0 Å². The van der Waals surface area contributed by atoms with Crippen LogP contribution in [0.15, 0.2) is 18.2 Å². The van der Waals surface area contributed by atoms with Crippen LogP contribution in [0.5, 0.6) is 0 Å². The third-order valence-electron chi connectivity index (χ3n) is 2.28. The Hall–Kier alpha value is -2.11. The molecule has 0 unspecified atom stereocenters. The zero-order valence-corrected chi connectivity index (χ0v) is 9.60. The fourth-order valence-corrected chi connectivity index (χ4v) is 1.32. The van der Waals surface area contributed by atoms with E-state index < -0.39 is 4.92 Å². The van der Waals surface area contributed by atoms with Gasteiger partial charge >= 0.3 is 0 Å². The molecule has 0 aliphatic heterocycles. The minimum absolute atomic E-state index is 0.0926. The number of nitrogens with two attached hydrogens (primary N) is 1. The molecule has 6 nitrogen and oxygen atoms in total. The van der Waals surface area contributed by atoms with E-state index in [0.717, 1.165) is 12.8 Å². The average molecular weight is 237 g/mol. The molecule has 92 valence electrons. The maximum absolute atomic E-state index is 11.5. The lowest BCUT2D eigenvalue weighted by Gasteiger charge is -2.07. The van der Waals surface area contributed by atoms with Crippen molar-refractivity contribution in [1.29, 1.82) is 0 Å². The minimum Gasteiger partial charge on any atom is -0.397 e. The van der Waals surface area contributed by atoms with Gasteiger partial charge in [0.15, 0.2) is 0 Å². The smallest absolute Gasteiger partial charge is 0.271 e. The highest BCUT2D eigenvalue weighted by Crippen LogP contribution is 2.24. The predicted molar refractivity (Wildman–Crippen MR) is 65.7 cm³/mol. The lowest BCUT2D eigenvalue weighted by molar-refractivity contribution is -0.384. The Morgan fingerprint density at radius 3 is 2.82 bits per heavy atom. The number of hydrogen-bond donors (Lipinski definition) is 2. The van der Waals surface area contributed by atoms with Gasteiger partial charge < -0.3 is 11.1 Å². The van der Waals surface area contributed by atoms with Crippen LogP contribution in [-0.4, -0.2) is 10.8 Å². The van der Waals surface area contributed by atoms with Gasteiger partial charge in [0.25, 0.3) is 5.69 Å². The molecule has 1 rings (SSSR count). The summed E-state index contributed by atoms with van der Waals surface area (Å²) in [5, 5.41) is 13.1. The van der Waals surface area contributed by atoms with Crippen molar-refractivity contribution in [1.82, 2.24) is 0 Å². The lowest BCUT2D eigenvalue weighted by Crippen LogP contribution is -2.12. The Morgan fingerprint density at radius 1 is 1.53 bits per heavy atom. The molecule has 0 saturated heterocycles. The summed E-state index contributed by atoms with van der Waals surface area (Å²) in [6, 6.07) is 3.98. The van der Waals surface area contributed by atoms with Gasteiger partial charge in [-0.15, -0.1) is 0 Å². The van der Waals surface area contributed by atoms with E-state index in [4.69, 9.17) is 5.73 Å². The molecule has 0 radical (unpaired) electrons. The Kier molecular flexibility index (Phi) is 4.45. The van der Waals surface area contributed by atoms with E-state index in [1.165, 1.54) is 18.2 Å². The van der Waals surface area contributed by atoms with E-state index >= 15 is 0 Å². The van der Waals surface area contributed by atoms with Gasteiger partial charge in [0.05, 0.1) is 16.3 Å². The molecule has 0 bridgehead atoms. The molecule has 6 heteroatoms. The number of anilines is 2. The third kappa shape index (κ3) is 3.75. The molecular weight excluding hydrogens is 222 g/mol. The molecule has 0 fully saturated rings. The van der Waals surface area contributed by atoms with Crippen LogP contribution in [0.3, 0.4) is 0 Å². The van der Waals surface area contributed by atoms with Gasteiger partial charge in [0.1, 0.15) is 0 Å². The van der Waals surface area contributed by atoms with Crippen LogP contribution in [0.25, 0.3) is 0 Å². The van der Waals surface area contributed by atoms with Crippen LogP contribution in [0.4, 0.5) is 17.1 Å². The lowest BCUT2D eigenvalue weighted by atomic mass is 10.2. The molecule has 1 aromatic carbocycles. The summed E-state index contributed by atoms with van der Waals surface area (Å²) < 4.78 is 0. The first-order valence-electron chi connectivity index (χ1n) is 5.38. The fraction of sp³-hybridized carbons (Fsp3) is 0.364. The second-order valence-electron chi connectivity index (χ2n) is 3.68. The molecule has 17 heavy (non-hydrogen) atoms. The molecule has 0 heterocycles. The highest BCUT2D eigenvalue weighted by atomic mass is 16.6. The second kappa shape index (κ2) is 5.83. The molecule has 0 saturated carbocycles. The summed E-state index contributed by atoms with van der Waals surface area (Å²) >= 11 is 0. The van der Waals surface area contributed by atoms with E-state index in [1.54, 1.807) is 0 Å². The van der Waals surface area contributed by atoms with Gasteiger partial charge in [0.2, 0.25) is 5.91 Å². The highest BCUT2D eigenvalue weighted by molar-refractivity contribution is 5.94. The van der Waals surface area contributed by atoms with Crippen molar-refractivity contribution in [2.45, 2.75) is 26.2 Å². The number of unbranched alkanes of at least 4 members (excludes halogenated alkanes) is 1. The van der Waals surface area contributed by atoms with Crippen LogP contribution in [0.2, 0.25) is 0 Å². The molecule has 1 amide bonds. The first-order chi connectivity index (χ1) is 8.04. The van der Waals surface area contributed by atoms with Gasteiger partial charge in [0, 0.05) is 18.6 Å². The van der Waals surface area contributed by atoms with Crippen molar-refractivity contribution < 1.29 is 9.72 Å². The summed E-state index contributed by atoms with van der Waals surface area (Å²) in [7, 11) is 0. The first kappa shape index (κ1) is 13.0. The standard InChI is InChI=1S/C11H15N3O3/c1-2-3-4-11(15)13-10-7-8(14(16)17)5-6-9(10)12/h5-7H,2-4,12H2,1H3,(H,13,15). The van der Waals surface area contributed by atoms with E-state index in [2.05, 4.69) is 5.32 Å². The van der Waals surface area contributed by atoms with Crippen molar-refractivity contribution in [2.24, 2.45) is 0 Å². The molecule has 0 aromatic heterocycles. The zero-order valence-electron chi connectivity index (χ0n) is 9.60. The molecular formula is C11H15N3O3. The molecule has 1 aromatic rings. The number of nitrogens with one attached hydrogen (secondary N) is 1. The maximum atomic E-state index is 11.5. The largest absolute Gasteiger partial charge is 0.397 e. The van der Waals surface area contributed by atoms with Crippen molar-refractivity contribution >= 4 is 23.0 Å². The van der Waals surface area contributed by atoms with E-state index in [0.29, 0.717) is 17.8 Å². The summed E-state index contributed by atoms with van der Waals surface area (Å²) in [4.78, 5) is 21.5. The number of nitro groups is 1. The quantitative estimate of drug-likeness (QED) is 0.466. The topological polar surface area (TPSA) is 98.3 Å². The molecule has 0 atom stereocenters. The van der Waals surface area contributed by atoms with Crippen LogP contribution in [0, 0.1) is 10.1 Å². The monoisotopic (exact) mass is 237 g/mol. The SMILES string of the molecule is CCCCC(=O)Nc1cc([N+](=O)[O-])ccc1N. The molecule has 3 N–H and O–H groups in total. The van der Waals surface area contributed by atoms with Crippen molar-refractivity contribution in [3.63, 3.8) is 0 Å². The number of hydrogen-bond acceptors (Lipinski definition) is 4. The predicted octanol–water partition coefficient (Wildman–Crippen LogP) is 2.31. The number of non-ortho nitro benzene ring substituents is 1. The third-order valence-corrected chi connectivity index (χ3v) is 2.28. The maximum Gasteiger partial charge on any atom is 0.271 e. The van der Waals surface area contributed by atoms with E-state index in [9.17, 15) is 14.9 Å². The number of carbonyl (C=O) groups is 1. The van der Waals surface area contributed by atoms with E-state index in [1.807, 2.05) is 6.92 Å². The van der Waals surface area contributed by atoms with Gasteiger partial charge in [-0.1, -0.05) is 13.3 Å². The Bertz CT molecular complexity index is 432. The molecule has 0 spiro atoms. The Balaban J connectivity index is 2.79. The van der Waals surface area contributed by atoms with Crippen molar-refractivity contribution in [3.05, 3.63) is 28.3 Å². The number of carbonyl (C=O) groups excluding carboxylic acids is 1. The number of benzene rings is 1. The second-order valence-corrected chi connectivity index (χ2v) is 3.68. The number of nitrogen functional groups attached to an aromatic ring is 1. The molecule has 0 aliphatic carbocycles. The number of nitro benzene ring substituents is 1. The van der Waals surface area contributed by atoms with Crippen LogP contribution >= 0.6 is 0 Å². The Morgan fingerprint density at radius 2 is 2.24 bits per heavy atom. The minimum atomic E-state index is -0.527. The summed E-state index contributed by atoms with van der Waals surface area (Å²) in [6.45, 7) is 1.98. The number of amides is 1. The molecule has 0 aliphatic rings. The van der Waals surface area contributed by atoms with Crippen LogP contribution in [-0.2, 0) is 4.79 Å². The Labute approximate surface area is 99.0 Å². The normalized spacial score (nSPS) is 9.94. The van der Waals surface area contributed by atoms with Gasteiger partial charge in [-0.25, -0.2) is 0 Å². The first-order valence-corrected chi connectivity index (χ1v) is 5.38. The summed E-state index contributed by atoms with van der Waals surface area (Å²) in [6.07, 6.45) is 2.08. The van der Waals surface area contributed by atoms with Crippen LogP contribution in [0.1, 0.15) is 26.2 Å². The highest BCUT2D eigenvalue weighted by Gasteiger charge is 2.11. The number of rotatable bonds is 5. The summed E-state index contributed by atoms with van der Waals surface area (Å²) in [5.74, 6) is -0.181. The van der Waals surface area contributed by atoms with Crippen LogP contribution < -0.4 is 11.1 Å². The zero-order chi connectivity index (χ0) is 12.8. The van der Waals surface area contributed by atoms with E-state index in [-0.39, 0.29) is 11.6 Å². The van der Waals surface area contributed by atoms with Gasteiger partial charge in [-0.3, -0.25) is 14.9 Å². The fourth-order valence-electron chi connectivity index (χ4n) is 1.32. The average Bonchev–Trinajstić information content (AvgIpc) is 2.29. The van der Waals surface area contributed by atoms with Gasteiger partial charge in [-0.05, 0) is 12.5 Å². The summed E-state index contributed by atoms with van der Waals surface area (Å²) in [5.41, 5.74) is 6.15. The van der Waals surface area contributed by atoms with Crippen molar-refractivity contribution in [3.8, 4) is 0 Å².